The lowest BCUT2D eigenvalue weighted by molar-refractivity contribution is -0.118. The van der Waals surface area contributed by atoms with Crippen LogP contribution in [0.5, 0.6) is 5.75 Å². The number of amides is 1. The number of halogens is 2. The normalized spacial score (nSPS) is 10.6. The zero-order valence-electron chi connectivity index (χ0n) is 17.3. The van der Waals surface area contributed by atoms with E-state index >= 15 is 0 Å². The first-order valence-electron chi connectivity index (χ1n) is 9.52. The summed E-state index contributed by atoms with van der Waals surface area (Å²) < 4.78 is 12.6. The zero-order chi connectivity index (χ0) is 22.5. The van der Waals surface area contributed by atoms with Gasteiger partial charge in [0.05, 0.1) is 7.11 Å². The van der Waals surface area contributed by atoms with Crippen LogP contribution in [-0.4, -0.2) is 25.6 Å². The van der Waals surface area contributed by atoms with Crippen LogP contribution in [0.25, 0.3) is 11.1 Å². The summed E-state index contributed by atoms with van der Waals surface area (Å²) >= 11 is 8.20. The second kappa shape index (κ2) is 10.4. The maximum Gasteiger partial charge on any atom is 0.341 e. The van der Waals surface area contributed by atoms with Crippen LogP contribution in [0.3, 0.4) is 0 Å². The third-order valence-electron chi connectivity index (χ3n) is 4.62. The number of ether oxygens (including phenoxy) is 2. The number of hydrogen-bond donors (Lipinski definition) is 1. The smallest absolute Gasteiger partial charge is 0.341 e. The molecule has 0 aliphatic carbocycles. The van der Waals surface area contributed by atoms with Crippen LogP contribution in [0.15, 0.2) is 51.4 Å². The Balaban J connectivity index is 1.84. The number of rotatable bonds is 7. The quantitative estimate of drug-likeness (QED) is 0.327. The number of thiophene rings is 1. The molecule has 3 rings (SSSR count). The van der Waals surface area contributed by atoms with Crippen molar-refractivity contribution in [3.63, 3.8) is 0 Å². The molecule has 8 heteroatoms. The minimum absolute atomic E-state index is 0.167. The van der Waals surface area contributed by atoms with Crippen LogP contribution in [0.4, 0.5) is 5.00 Å². The summed E-state index contributed by atoms with van der Waals surface area (Å²) in [5.41, 5.74) is 2.97. The average molecular weight is 567 g/mol. The molecule has 5 nitrogen and oxygen atoms in total. The minimum Gasteiger partial charge on any atom is -0.483 e. The van der Waals surface area contributed by atoms with Gasteiger partial charge in [-0.3, -0.25) is 4.79 Å². The van der Waals surface area contributed by atoms with Crippen LogP contribution >= 0.6 is 43.2 Å². The maximum atomic E-state index is 12.6. The summed E-state index contributed by atoms with van der Waals surface area (Å²) in [5, 5.41) is 3.27. The summed E-state index contributed by atoms with van der Waals surface area (Å²) in [6, 6.07) is 13.3. The van der Waals surface area contributed by atoms with E-state index in [4.69, 9.17) is 9.47 Å². The SMILES string of the molecule is CCc1cc(Br)ccc1OCC(=O)Nc1sc(C)c(-c2ccc(Br)cc2)c1C(=O)OC. The zero-order valence-corrected chi connectivity index (χ0v) is 21.2. The van der Waals surface area contributed by atoms with Gasteiger partial charge in [0.15, 0.2) is 6.61 Å². The van der Waals surface area contributed by atoms with Crippen molar-refractivity contribution in [2.75, 3.05) is 19.0 Å². The molecule has 0 aliphatic heterocycles. The van der Waals surface area contributed by atoms with E-state index in [9.17, 15) is 9.59 Å². The predicted molar refractivity (Wildman–Crippen MR) is 131 cm³/mol. The van der Waals surface area contributed by atoms with E-state index in [1.54, 1.807) is 0 Å². The Kier molecular flexibility index (Phi) is 7.91. The predicted octanol–water partition coefficient (Wildman–Crippen LogP) is 6.62. The molecule has 3 aromatic rings. The molecule has 0 unspecified atom stereocenters. The lowest BCUT2D eigenvalue weighted by Crippen LogP contribution is -2.21. The monoisotopic (exact) mass is 565 g/mol. The minimum atomic E-state index is -0.500. The van der Waals surface area contributed by atoms with Crippen molar-refractivity contribution in [2.24, 2.45) is 0 Å². The van der Waals surface area contributed by atoms with Gasteiger partial charge in [0.1, 0.15) is 16.3 Å². The fourth-order valence-electron chi connectivity index (χ4n) is 3.16. The van der Waals surface area contributed by atoms with Gasteiger partial charge in [-0.05, 0) is 54.8 Å². The molecule has 0 radical (unpaired) electrons. The number of anilines is 1. The van der Waals surface area contributed by atoms with Crippen LogP contribution in [0.2, 0.25) is 0 Å². The molecule has 31 heavy (non-hydrogen) atoms. The van der Waals surface area contributed by atoms with Crippen molar-refractivity contribution in [1.29, 1.82) is 0 Å². The summed E-state index contributed by atoms with van der Waals surface area (Å²) in [4.78, 5) is 26.1. The highest BCUT2D eigenvalue weighted by molar-refractivity contribution is 9.10. The molecule has 0 saturated heterocycles. The van der Waals surface area contributed by atoms with Gasteiger partial charge in [-0.15, -0.1) is 11.3 Å². The number of hydrogen-bond acceptors (Lipinski definition) is 5. The Hall–Kier alpha value is -2.16. The third kappa shape index (κ3) is 5.56. The average Bonchev–Trinajstić information content (AvgIpc) is 3.08. The molecule has 0 spiro atoms. The van der Waals surface area contributed by atoms with E-state index in [1.807, 2.05) is 56.3 Å². The Morgan fingerprint density at radius 3 is 2.39 bits per heavy atom. The fourth-order valence-corrected chi connectivity index (χ4v) is 4.92. The van der Waals surface area contributed by atoms with Crippen molar-refractivity contribution in [3.8, 4) is 16.9 Å². The van der Waals surface area contributed by atoms with E-state index in [0.29, 0.717) is 16.3 Å². The van der Waals surface area contributed by atoms with Gasteiger partial charge in [0.2, 0.25) is 0 Å². The van der Waals surface area contributed by atoms with E-state index in [1.165, 1.54) is 18.4 Å². The number of nitrogens with one attached hydrogen (secondary N) is 1. The lowest BCUT2D eigenvalue weighted by Gasteiger charge is -2.11. The topological polar surface area (TPSA) is 64.6 Å². The van der Waals surface area contributed by atoms with Gasteiger partial charge in [0, 0.05) is 19.4 Å². The molecule has 1 heterocycles. The molecule has 0 saturated carbocycles. The second-order valence-electron chi connectivity index (χ2n) is 6.68. The van der Waals surface area contributed by atoms with Crippen LogP contribution in [0, 0.1) is 6.92 Å². The molecule has 1 amide bonds. The molecule has 0 bridgehead atoms. The molecule has 1 N–H and O–H groups in total. The van der Waals surface area contributed by atoms with Crippen molar-refractivity contribution in [1.82, 2.24) is 0 Å². The van der Waals surface area contributed by atoms with Crippen molar-refractivity contribution in [3.05, 3.63) is 67.4 Å². The maximum absolute atomic E-state index is 12.6. The molecule has 1 aromatic heterocycles. The largest absolute Gasteiger partial charge is 0.483 e. The van der Waals surface area contributed by atoms with Gasteiger partial charge in [-0.2, -0.15) is 0 Å². The van der Waals surface area contributed by atoms with Gasteiger partial charge in [0.25, 0.3) is 5.91 Å². The van der Waals surface area contributed by atoms with Crippen molar-refractivity contribution in [2.45, 2.75) is 20.3 Å². The summed E-state index contributed by atoms with van der Waals surface area (Å²) in [6.45, 7) is 3.77. The Bertz CT molecular complexity index is 1110. The number of benzene rings is 2. The summed E-state index contributed by atoms with van der Waals surface area (Å²) in [5.74, 6) is -0.189. The number of carbonyl (C=O) groups excluding carboxylic acids is 2. The Morgan fingerprint density at radius 1 is 1.06 bits per heavy atom. The van der Waals surface area contributed by atoms with Crippen molar-refractivity contribution < 1.29 is 19.1 Å². The fraction of sp³-hybridized carbons (Fsp3) is 0.217. The first-order valence-corrected chi connectivity index (χ1v) is 11.9. The van der Waals surface area contributed by atoms with Crippen LogP contribution in [0.1, 0.15) is 27.7 Å². The molecular weight excluding hydrogens is 546 g/mol. The highest BCUT2D eigenvalue weighted by atomic mass is 79.9. The van der Waals surface area contributed by atoms with E-state index in [0.717, 1.165) is 36.9 Å². The van der Waals surface area contributed by atoms with Crippen molar-refractivity contribution >= 4 is 60.1 Å². The highest BCUT2D eigenvalue weighted by Crippen LogP contribution is 2.40. The van der Waals surface area contributed by atoms with E-state index < -0.39 is 5.97 Å². The van der Waals surface area contributed by atoms with E-state index in [-0.39, 0.29) is 12.5 Å². The highest BCUT2D eigenvalue weighted by Gasteiger charge is 2.25. The second-order valence-corrected chi connectivity index (χ2v) is 9.73. The summed E-state index contributed by atoms with van der Waals surface area (Å²) in [7, 11) is 1.33. The number of carbonyl (C=O) groups is 2. The standard InChI is InChI=1S/C23H21Br2NO4S/c1-4-14-11-17(25)9-10-18(14)30-12-19(27)26-22-21(23(28)29-3)20(13(2)31-22)15-5-7-16(24)8-6-15/h5-11H,4,12H2,1-3H3,(H,26,27). The van der Waals surface area contributed by atoms with E-state index in [2.05, 4.69) is 37.2 Å². The first-order chi connectivity index (χ1) is 14.8. The Morgan fingerprint density at radius 2 is 1.74 bits per heavy atom. The Labute approximate surface area is 202 Å². The van der Waals surface area contributed by atoms with Gasteiger partial charge in [-0.25, -0.2) is 4.79 Å². The van der Waals surface area contributed by atoms with Gasteiger partial charge in [-0.1, -0.05) is 50.9 Å². The molecular formula is C23H21Br2NO4S. The first kappa shape index (κ1) is 23.5. The van der Waals surface area contributed by atoms with Gasteiger partial charge < -0.3 is 14.8 Å². The molecule has 2 aromatic carbocycles. The van der Waals surface area contributed by atoms with Gasteiger partial charge >= 0.3 is 5.97 Å². The number of esters is 1. The molecule has 0 fully saturated rings. The third-order valence-corrected chi connectivity index (χ3v) is 6.66. The summed E-state index contributed by atoms with van der Waals surface area (Å²) in [6.07, 6.45) is 0.781. The molecule has 162 valence electrons. The van der Waals surface area contributed by atoms with Crippen LogP contribution in [-0.2, 0) is 16.0 Å². The number of aryl methyl sites for hydroxylation is 2. The van der Waals surface area contributed by atoms with Crippen LogP contribution < -0.4 is 10.1 Å². The molecule has 0 aliphatic rings. The number of methoxy groups -OCH3 is 1. The lowest BCUT2D eigenvalue weighted by atomic mass is 10.0. The molecule has 0 atom stereocenters.